The minimum Gasteiger partial charge on any atom is -0.460 e. The minimum absolute atomic E-state index is 0.0473. The van der Waals surface area contributed by atoms with Crippen molar-refractivity contribution in [2.24, 2.45) is 23.7 Å². The maximum absolute atomic E-state index is 13.6. The van der Waals surface area contributed by atoms with Gasteiger partial charge in [0.25, 0.3) is 0 Å². The Kier molecular flexibility index (Phi) is 14.9. The molecular formula is C46H69N3O8. The van der Waals surface area contributed by atoms with E-state index in [2.05, 4.69) is 29.6 Å². The molecule has 2 saturated heterocycles. The van der Waals surface area contributed by atoms with Gasteiger partial charge in [0.2, 0.25) is 0 Å². The van der Waals surface area contributed by atoms with Crippen molar-refractivity contribution in [3.05, 3.63) is 70.8 Å². The van der Waals surface area contributed by atoms with E-state index >= 15 is 0 Å². The largest absolute Gasteiger partial charge is 0.460 e. The van der Waals surface area contributed by atoms with Crippen molar-refractivity contribution in [2.75, 3.05) is 26.2 Å². The number of ether oxygens (including phenoxy) is 4. The van der Waals surface area contributed by atoms with E-state index < -0.39 is 34.2 Å². The van der Waals surface area contributed by atoms with Crippen LogP contribution in [0.3, 0.4) is 0 Å². The van der Waals surface area contributed by atoms with E-state index in [9.17, 15) is 19.2 Å². The minimum atomic E-state index is -0.627. The molecule has 2 fully saturated rings. The number of likely N-dealkylation sites (tertiary alicyclic amines) is 2. The van der Waals surface area contributed by atoms with Gasteiger partial charge in [0.1, 0.15) is 22.4 Å². The van der Waals surface area contributed by atoms with Crippen LogP contribution in [0.15, 0.2) is 48.5 Å². The summed E-state index contributed by atoms with van der Waals surface area (Å²) < 4.78 is 23.0. The highest BCUT2D eigenvalue weighted by molar-refractivity contribution is 5.75. The number of esters is 2. The van der Waals surface area contributed by atoms with Crippen LogP contribution < -0.4 is 5.32 Å². The van der Waals surface area contributed by atoms with Gasteiger partial charge in [0.05, 0.1) is 11.8 Å². The molecule has 11 nitrogen and oxygen atoms in total. The molecule has 0 aromatic heterocycles. The molecule has 2 aliphatic rings. The Morgan fingerprint density at radius 2 is 0.895 bits per heavy atom. The number of nitrogens with zero attached hydrogens (tertiary/aromatic N) is 2. The fourth-order valence-electron chi connectivity index (χ4n) is 7.45. The van der Waals surface area contributed by atoms with Gasteiger partial charge >= 0.3 is 24.1 Å². The summed E-state index contributed by atoms with van der Waals surface area (Å²) in [6, 6.07) is 16.5. The van der Waals surface area contributed by atoms with Crippen LogP contribution in [0.4, 0.5) is 9.59 Å². The lowest BCUT2D eigenvalue weighted by Gasteiger charge is -2.28. The molecule has 316 valence electrons. The average Bonchev–Trinajstić information content (AvgIpc) is 3.75. The van der Waals surface area contributed by atoms with Crippen LogP contribution in [-0.2, 0) is 54.5 Å². The molecule has 0 spiro atoms. The SMILES string of the molecule is CC(C)(C)OC(=O)C(Cc1cccc(CNCc2cccc(CC(C(=O)OC(C)(C)C)[C@H]3CCN(C(=O)OC(C)(C)C)C3)c2)c1)[C@H]1CCN(C(=O)OC(C)(C)C)C1. The molecule has 0 aliphatic carbocycles. The Hall–Kier alpha value is -4.12. The van der Waals surface area contributed by atoms with E-state index in [1.807, 2.05) is 107 Å². The van der Waals surface area contributed by atoms with Gasteiger partial charge in [-0.05, 0) is 143 Å². The summed E-state index contributed by atoms with van der Waals surface area (Å²) in [4.78, 5) is 56.3. The third kappa shape index (κ3) is 15.3. The molecule has 4 rings (SSSR count). The van der Waals surface area contributed by atoms with E-state index in [0.717, 1.165) is 22.3 Å². The van der Waals surface area contributed by atoms with Crippen molar-refractivity contribution in [2.45, 2.75) is 144 Å². The van der Waals surface area contributed by atoms with Crippen molar-refractivity contribution in [3.8, 4) is 0 Å². The first-order valence-corrected chi connectivity index (χ1v) is 20.6. The summed E-state index contributed by atoms with van der Waals surface area (Å²) in [7, 11) is 0. The number of hydrogen-bond acceptors (Lipinski definition) is 9. The maximum atomic E-state index is 13.6. The van der Waals surface area contributed by atoms with Crippen LogP contribution in [0.1, 0.15) is 118 Å². The van der Waals surface area contributed by atoms with Crippen molar-refractivity contribution in [1.29, 1.82) is 0 Å². The van der Waals surface area contributed by atoms with Gasteiger partial charge in [-0.15, -0.1) is 0 Å². The number of carbonyl (C=O) groups excluding carboxylic acids is 4. The Morgan fingerprint density at radius 3 is 1.23 bits per heavy atom. The lowest BCUT2D eigenvalue weighted by atomic mass is 9.85. The van der Waals surface area contributed by atoms with E-state index in [0.29, 0.717) is 65.0 Å². The average molecular weight is 792 g/mol. The van der Waals surface area contributed by atoms with Crippen LogP contribution in [0.2, 0.25) is 0 Å². The number of benzene rings is 2. The van der Waals surface area contributed by atoms with Crippen LogP contribution >= 0.6 is 0 Å². The second kappa shape index (κ2) is 18.6. The zero-order valence-electron chi connectivity index (χ0n) is 36.7. The number of nitrogens with one attached hydrogen (secondary N) is 1. The van der Waals surface area contributed by atoms with Gasteiger partial charge < -0.3 is 34.1 Å². The molecule has 57 heavy (non-hydrogen) atoms. The first-order chi connectivity index (χ1) is 26.3. The Bertz CT molecular complexity index is 1570. The zero-order valence-corrected chi connectivity index (χ0v) is 36.7. The normalized spacial score (nSPS) is 18.9. The quantitative estimate of drug-likeness (QED) is 0.167. The first-order valence-electron chi connectivity index (χ1n) is 20.6. The van der Waals surface area contributed by atoms with Crippen molar-refractivity contribution in [1.82, 2.24) is 15.1 Å². The molecule has 0 saturated carbocycles. The number of rotatable bonds is 12. The molecular weight excluding hydrogens is 723 g/mol. The number of amides is 2. The predicted octanol–water partition coefficient (Wildman–Crippen LogP) is 8.49. The van der Waals surface area contributed by atoms with E-state index in [-0.39, 0.29) is 36.0 Å². The summed E-state index contributed by atoms with van der Waals surface area (Å²) in [5.41, 5.74) is 1.82. The zero-order chi connectivity index (χ0) is 42.3. The molecule has 11 heteroatoms. The first kappa shape index (κ1) is 45.6. The fraction of sp³-hybridized carbons (Fsp3) is 0.652. The second-order valence-corrected chi connectivity index (χ2v) is 19.9. The predicted molar refractivity (Wildman–Crippen MR) is 221 cm³/mol. The maximum Gasteiger partial charge on any atom is 0.410 e. The summed E-state index contributed by atoms with van der Waals surface area (Å²) >= 11 is 0. The summed E-state index contributed by atoms with van der Waals surface area (Å²) in [5.74, 6) is -1.40. The van der Waals surface area contributed by atoms with Gasteiger partial charge in [-0.2, -0.15) is 0 Å². The lowest BCUT2D eigenvalue weighted by molar-refractivity contribution is -0.163. The summed E-state index contributed by atoms with van der Waals surface area (Å²) in [6.45, 7) is 25.6. The number of carbonyl (C=O) groups is 4. The molecule has 2 aromatic rings. The molecule has 2 aliphatic heterocycles. The fourth-order valence-corrected chi connectivity index (χ4v) is 7.45. The van der Waals surface area contributed by atoms with Crippen LogP contribution in [0, 0.1) is 23.7 Å². The van der Waals surface area contributed by atoms with E-state index in [1.165, 1.54) is 0 Å². The van der Waals surface area contributed by atoms with Crippen molar-refractivity contribution >= 4 is 24.1 Å². The van der Waals surface area contributed by atoms with Crippen molar-refractivity contribution in [3.63, 3.8) is 0 Å². The monoisotopic (exact) mass is 792 g/mol. The third-order valence-electron chi connectivity index (χ3n) is 9.86. The molecule has 2 amide bonds. The Morgan fingerprint density at radius 1 is 0.561 bits per heavy atom. The highest BCUT2D eigenvalue weighted by atomic mass is 16.6. The summed E-state index contributed by atoms with van der Waals surface area (Å²) in [5, 5.41) is 3.57. The Balaban J connectivity index is 1.40. The van der Waals surface area contributed by atoms with Gasteiger partial charge in [0, 0.05) is 39.3 Å². The topological polar surface area (TPSA) is 124 Å². The molecule has 2 unspecified atom stereocenters. The highest BCUT2D eigenvalue weighted by Crippen LogP contribution is 2.33. The second-order valence-electron chi connectivity index (χ2n) is 19.9. The Labute approximate surface area is 341 Å². The number of hydrogen-bond donors (Lipinski definition) is 1. The van der Waals surface area contributed by atoms with Gasteiger partial charge in [-0.1, -0.05) is 48.5 Å². The molecule has 0 radical (unpaired) electrons. The van der Waals surface area contributed by atoms with Gasteiger partial charge in [-0.3, -0.25) is 9.59 Å². The standard InChI is InChI=1S/C46H69N3O8/c1-43(2,3)54-39(50)37(35-19-21-48(29-35)41(52)56-45(7,8)9)25-31-15-13-17-33(23-31)27-47-28-34-18-14-16-32(24-34)26-38(40(51)55-44(4,5)6)36-20-22-49(30-36)42(53)57-46(10,11)12/h13-18,23-24,35-38,47H,19-22,25-30H2,1-12H3/t35-,36-,37?,38?/m0/s1. The van der Waals surface area contributed by atoms with Crippen LogP contribution in [0.5, 0.6) is 0 Å². The molecule has 2 heterocycles. The molecule has 2 aromatic carbocycles. The van der Waals surface area contributed by atoms with E-state index in [1.54, 1.807) is 9.80 Å². The summed E-state index contributed by atoms with van der Waals surface area (Å²) in [6.07, 6.45) is 1.71. The highest BCUT2D eigenvalue weighted by Gasteiger charge is 2.40. The van der Waals surface area contributed by atoms with Gasteiger partial charge in [0.15, 0.2) is 0 Å². The third-order valence-corrected chi connectivity index (χ3v) is 9.86. The van der Waals surface area contributed by atoms with Crippen LogP contribution in [0.25, 0.3) is 0 Å². The smallest absolute Gasteiger partial charge is 0.410 e. The van der Waals surface area contributed by atoms with Gasteiger partial charge in [-0.25, -0.2) is 9.59 Å². The molecule has 1 N–H and O–H groups in total. The lowest BCUT2D eigenvalue weighted by Crippen LogP contribution is -2.38. The van der Waals surface area contributed by atoms with Crippen LogP contribution in [-0.4, -0.2) is 82.5 Å². The molecule has 0 bridgehead atoms. The van der Waals surface area contributed by atoms with Crippen molar-refractivity contribution < 1.29 is 38.1 Å². The molecule has 4 atom stereocenters. The van der Waals surface area contributed by atoms with E-state index in [4.69, 9.17) is 18.9 Å².